The number of aryl methyl sites for hydroxylation is 1. The van der Waals surface area contributed by atoms with Crippen molar-refractivity contribution in [1.82, 2.24) is 15.0 Å². The lowest BCUT2D eigenvalue weighted by atomic mass is 10.2. The van der Waals surface area contributed by atoms with Crippen molar-refractivity contribution in [2.24, 2.45) is 5.10 Å². The second kappa shape index (κ2) is 6.33. The lowest BCUT2D eigenvalue weighted by Gasteiger charge is -2.03. The van der Waals surface area contributed by atoms with Crippen molar-refractivity contribution < 1.29 is 9.90 Å². The topological polar surface area (TPSA) is 79.5 Å². The summed E-state index contributed by atoms with van der Waals surface area (Å²) in [6.07, 6.45) is 4.74. The average Bonchev–Trinajstić information content (AvgIpc) is 2.79. The molecule has 0 radical (unpaired) electrons. The minimum atomic E-state index is -0.267. The molecule has 1 heterocycles. The lowest BCUT2D eigenvalue weighted by Crippen LogP contribution is -2.23. The minimum absolute atomic E-state index is 0.0941. The van der Waals surface area contributed by atoms with E-state index in [0.717, 1.165) is 10.3 Å². The number of rotatable bonds is 4. The van der Waals surface area contributed by atoms with Gasteiger partial charge in [-0.1, -0.05) is 15.9 Å². The maximum atomic E-state index is 11.7. The van der Waals surface area contributed by atoms with Crippen molar-refractivity contribution in [2.75, 3.05) is 0 Å². The van der Waals surface area contributed by atoms with Crippen molar-refractivity contribution in [3.63, 3.8) is 0 Å². The van der Waals surface area contributed by atoms with Gasteiger partial charge in [-0.2, -0.15) is 5.10 Å². The van der Waals surface area contributed by atoms with E-state index < -0.39 is 0 Å². The number of phenols is 1. The van der Waals surface area contributed by atoms with E-state index in [4.69, 9.17) is 0 Å². The van der Waals surface area contributed by atoms with E-state index in [9.17, 15) is 9.90 Å². The van der Waals surface area contributed by atoms with Gasteiger partial charge >= 0.3 is 0 Å². The predicted molar refractivity (Wildman–Crippen MR) is 78.5 cm³/mol. The zero-order chi connectivity index (χ0) is 14.5. The highest BCUT2D eigenvalue weighted by Gasteiger charge is 2.04. The molecule has 0 fully saturated rings. The Hall–Kier alpha value is -2.15. The van der Waals surface area contributed by atoms with Crippen LogP contribution in [0.5, 0.6) is 5.75 Å². The average molecular weight is 337 g/mol. The molecule has 0 spiro atoms. The summed E-state index contributed by atoms with van der Waals surface area (Å²) in [5.74, 6) is 0.585. The Balaban J connectivity index is 1.94. The van der Waals surface area contributed by atoms with Crippen LogP contribution in [0.2, 0.25) is 0 Å². The summed E-state index contributed by atoms with van der Waals surface area (Å²) >= 11 is 3.29. The van der Waals surface area contributed by atoms with Crippen molar-refractivity contribution >= 4 is 28.1 Å². The summed E-state index contributed by atoms with van der Waals surface area (Å²) in [7, 11) is 0. The molecule has 1 aromatic carbocycles. The summed E-state index contributed by atoms with van der Waals surface area (Å²) < 4.78 is 2.53. The Labute approximate surface area is 124 Å². The molecule has 2 N–H and O–H groups in total. The molecular formula is C13H13BrN4O2. The van der Waals surface area contributed by atoms with E-state index >= 15 is 0 Å². The fraction of sp³-hybridized carbons (Fsp3) is 0.154. The first-order valence-corrected chi connectivity index (χ1v) is 6.63. The highest BCUT2D eigenvalue weighted by Crippen LogP contribution is 2.19. The summed E-state index contributed by atoms with van der Waals surface area (Å²) in [5.41, 5.74) is 2.91. The molecule has 0 atom stereocenters. The third-order valence-corrected chi connectivity index (χ3v) is 3.11. The number of amides is 1. The van der Waals surface area contributed by atoms with E-state index in [-0.39, 0.29) is 18.2 Å². The first-order valence-electron chi connectivity index (χ1n) is 5.84. The van der Waals surface area contributed by atoms with Gasteiger partial charge in [-0.05, 0) is 25.1 Å². The zero-order valence-corrected chi connectivity index (χ0v) is 12.3. The molecule has 0 saturated carbocycles. The Morgan fingerprint density at radius 3 is 3.10 bits per heavy atom. The largest absolute Gasteiger partial charge is 0.507 e. The number of phenolic OH excluding ortho intramolecular Hbond substituents is 1. The SMILES string of the molecule is Cc1nccn1CC(=O)NN=Cc1cc(Br)ccc1O. The van der Waals surface area contributed by atoms with Crippen molar-refractivity contribution in [3.8, 4) is 5.75 Å². The van der Waals surface area contributed by atoms with Gasteiger partial charge in [0.05, 0.1) is 6.21 Å². The molecule has 6 nitrogen and oxygen atoms in total. The van der Waals surface area contributed by atoms with Gasteiger partial charge in [-0.15, -0.1) is 0 Å². The van der Waals surface area contributed by atoms with Crippen LogP contribution in [0.3, 0.4) is 0 Å². The smallest absolute Gasteiger partial charge is 0.260 e. The van der Waals surface area contributed by atoms with Crippen LogP contribution >= 0.6 is 15.9 Å². The van der Waals surface area contributed by atoms with Crippen molar-refractivity contribution in [2.45, 2.75) is 13.5 Å². The Morgan fingerprint density at radius 1 is 1.60 bits per heavy atom. The van der Waals surface area contributed by atoms with Crippen LogP contribution in [-0.2, 0) is 11.3 Å². The van der Waals surface area contributed by atoms with E-state index in [0.29, 0.717) is 5.56 Å². The van der Waals surface area contributed by atoms with Gasteiger partial charge in [-0.3, -0.25) is 4.79 Å². The quantitative estimate of drug-likeness (QED) is 0.660. The van der Waals surface area contributed by atoms with Gasteiger partial charge in [0.2, 0.25) is 0 Å². The Bertz CT molecular complexity index is 652. The molecular weight excluding hydrogens is 324 g/mol. The highest BCUT2D eigenvalue weighted by atomic mass is 79.9. The third-order valence-electron chi connectivity index (χ3n) is 2.62. The Morgan fingerprint density at radius 2 is 2.40 bits per heavy atom. The summed E-state index contributed by atoms with van der Waals surface area (Å²) in [4.78, 5) is 15.7. The van der Waals surface area contributed by atoms with Crippen LogP contribution in [0.1, 0.15) is 11.4 Å². The van der Waals surface area contributed by atoms with Crippen LogP contribution in [-0.4, -0.2) is 26.8 Å². The number of hydrazone groups is 1. The van der Waals surface area contributed by atoms with Gasteiger partial charge in [0, 0.05) is 22.4 Å². The number of aromatic hydroxyl groups is 1. The number of aromatic nitrogens is 2. The first kappa shape index (κ1) is 14.3. The molecule has 1 aromatic heterocycles. The number of imidazole rings is 1. The second-order valence-electron chi connectivity index (χ2n) is 4.10. The molecule has 0 aliphatic rings. The van der Waals surface area contributed by atoms with Crippen LogP contribution in [0, 0.1) is 6.92 Å². The predicted octanol–water partition coefficient (Wildman–Crippen LogP) is 1.81. The van der Waals surface area contributed by atoms with Gasteiger partial charge in [0.25, 0.3) is 5.91 Å². The van der Waals surface area contributed by atoms with Gasteiger partial charge in [-0.25, -0.2) is 10.4 Å². The molecule has 0 bridgehead atoms. The molecule has 1 amide bonds. The first-order chi connectivity index (χ1) is 9.56. The van der Waals surface area contributed by atoms with Gasteiger partial charge in [0.1, 0.15) is 18.1 Å². The normalized spacial score (nSPS) is 10.9. The van der Waals surface area contributed by atoms with E-state index in [1.165, 1.54) is 6.21 Å². The molecule has 0 aliphatic heterocycles. The van der Waals surface area contributed by atoms with E-state index in [1.807, 2.05) is 6.92 Å². The molecule has 0 aliphatic carbocycles. The third kappa shape index (κ3) is 3.67. The number of hydrogen-bond acceptors (Lipinski definition) is 4. The fourth-order valence-electron chi connectivity index (χ4n) is 1.56. The fourth-order valence-corrected chi connectivity index (χ4v) is 1.94. The van der Waals surface area contributed by atoms with Crippen molar-refractivity contribution in [1.29, 1.82) is 0 Å². The molecule has 2 rings (SSSR count). The highest BCUT2D eigenvalue weighted by molar-refractivity contribution is 9.10. The van der Waals surface area contributed by atoms with Gasteiger partial charge < -0.3 is 9.67 Å². The number of nitrogens with one attached hydrogen (secondary N) is 1. The minimum Gasteiger partial charge on any atom is -0.507 e. The van der Waals surface area contributed by atoms with Crippen LogP contribution in [0.15, 0.2) is 40.2 Å². The van der Waals surface area contributed by atoms with Gasteiger partial charge in [0.15, 0.2) is 0 Å². The summed E-state index contributed by atoms with van der Waals surface area (Å²) in [6.45, 7) is 1.96. The van der Waals surface area contributed by atoms with Crippen LogP contribution in [0.25, 0.3) is 0 Å². The number of carbonyl (C=O) groups excluding carboxylic acids is 1. The second-order valence-corrected chi connectivity index (χ2v) is 5.01. The number of halogens is 1. The number of hydrogen-bond donors (Lipinski definition) is 2. The monoisotopic (exact) mass is 336 g/mol. The van der Waals surface area contributed by atoms with Crippen LogP contribution in [0.4, 0.5) is 0 Å². The van der Waals surface area contributed by atoms with Crippen LogP contribution < -0.4 is 5.43 Å². The zero-order valence-electron chi connectivity index (χ0n) is 10.7. The molecule has 104 valence electrons. The standard InChI is InChI=1S/C13H13BrN4O2/c1-9-15-4-5-18(9)8-13(20)17-16-7-10-6-11(14)2-3-12(10)19/h2-7,19H,8H2,1H3,(H,17,20). The number of nitrogens with zero attached hydrogens (tertiary/aromatic N) is 3. The summed E-state index contributed by atoms with van der Waals surface area (Å²) in [5, 5.41) is 13.4. The van der Waals surface area contributed by atoms with E-state index in [1.54, 1.807) is 35.2 Å². The number of benzene rings is 1. The molecule has 7 heteroatoms. The Kier molecular flexibility index (Phi) is 4.52. The summed E-state index contributed by atoms with van der Waals surface area (Å²) in [6, 6.07) is 4.96. The molecule has 2 aromatic rings. The molecule has 20 heavy (non-hydrogen) atoms. The van der Waals surface area contributed by atoms with E-state index in [2.05, 4.69) is 31.4 Å². The number of carbonyl (C=O) groups is 1. The lowest BCUT2D eigenvalue weighted by molar-refractivity contribution is -0.121. The molecule has 0 saturated heterocycles. The maximum absolute atomic E-state index is 11.7. The van der Waals surface area contributed by atoms with Crippen molar-refractivity contribution in [3.05, 3.63) is 46.5 Å². The maximum Gasteiger partial charge on any atom is 0.260 e. The molecule has 0 unspecified atom stereocenters.